The molecule has 3 heterocycles. The van der Waals surface area contributed by atoms with E-state index in [1.807, 2.05) is 47.0 Å². The fourth-order valence-electron chi connectivity index (χ4n) is 10.2. The van der Waals surface area contributed by atoms with Gasteiger partial charge in [-0.1, -0.05) is 250 Å². The topological polar surface area (TPSA) is 35.9 Å². The molecule has 7 heteroatoms. The maximum Gasteiger partial charge on any atom is 0.268 e. The van der Waals surface area contributed by atoms with Crippen molar-refractivity contribution in [1.29, 1.82) is 0 Å². The van der Waals surface area contributed by atoms with Crippen LogP contribution in [0.2, 0.25) is 0 Å². The largest absolute Gasteiger partial charge is 0.510 e. The number of rotatable bonds is 12. The number of para-hydroxylation sites is 2. The first kappa shape index (κ1) is 29.5. The van der Waals surface area contributed by atoms with Crippen LogP contribution in [0.25, 0.3) is 83.4 Å². The average molecular weight is 1290 g/mol. The summed E-state index contributed by atoms with van der Waals surface area (Å²) < 4.78 is 282. The van der Waals surface area contributed by atoms with Gasteiger partial charge in [0.2, 0.25) is 0 Å². The number of benzene rings is 11. The molecule has 3 aromatic heterocycles. The zero-order chi connectivity index (χ0) is 80.4. The van der Waals surface area contributed by atoms with Gasteiger partial charge in [-0.3, -0.25) is 4.57 Å². The van der Waals surface area contributed by atoms with E-state index in [0.29, 0.717) is 11.3 Å². The molecule has 0 N–H and O–H groups in total. The molecule has 5 nitrogen and oxygen atoms in total. The van der Waals surface area contributed by atoms with E-state index < -0.39 is 226 Å². The van der Waals surface area contributed by atoms with Crippen LogP contribution in [0.5, 0.6) is 11.5 Å². The quantitative estimate of drug-likeness (QED) is 0.0529. The second kappa shape index (κ2) is 22.1. The summed E-state index contributed by atoms with van der Waals surface area (Å²) in [6.45, 7) is 6.27. The zero-order valence-electron chi connectivity index (χ0n) is 72.9. The molecule has 0 spiro atoms. The number of ether oxygens (including phenoxy) is 1. The summed E-state index contributed by atoms with van der Waals surface area (Å²) in [5, 5.41) is -2.77. The van der Waals surface area contributed by atoms with Crippen molar-refractivity contribution in [3.05, 3.63) is 309 Å². The van der Waals surface area contributed by atoms with Crippen molar-refractivity contribution in [2.45, 2.75) is 26.2 Å². The van der Waals surface area contributed by atoms with Gasteiger partial charge in [-0.15, -0.1) is 29.7 Å². The zero-order valence-corrected chi connectivity index (χ0v) is 47.2. The molecule has 0 amide bonds. The molecule has 14 aromatic rings. The summed E-state index contributed by atoms with van der Waals surface area (Å²) in [6, 6.07) is 4.54. The minimum Gasteiger partial charge on any atom is -0.510 e. The van der Waals surface area contributed by atoms with Gasteiger partial charge in [-0.05, 0) is 100 Å². The third-order valence-corrected chi connectivity index (χ3v) is 18.0. The Bertz CT molecular complexity index is 6140. The third-order valence-electron chi connectivity index (χ3n) is 14.0. The summed E-state index contributed by atoms with van der Waals surface area (Å²) >= 11 is 0. The molecule has 0 bridgehead atoms. The van der Waals surface area contributed by atoms with E-state index in [-0.39, 0.29) is 71.4 Å². The SMILES string of the molecule is [2H]c1c([2H])c([2H])c(-c2ccc3c(c2)n(-c2[c-]c(Oc4[c-]c5c(cc4)c4ccccc4n5-c4cc(C(C)(C)C)ccn4)ccc2)[c-][n+]3-c2c(-c3c([2H])c([2H])c([2H])c([2H])c3[2H])cccc2-c2c([2H])c([2H])c([2H])c([Si](c3c([2H])c([2H])c([2H])c([2H])c3[2H])(c3c([2H])c([2H])c([2H])c([2H])c3[2H])c3c([2H])c([2H])c([2H])c([2H])c3[2H])c2[2H])c([2H])c1[2H].[Pt]. The van der Waals surface area contributed by atoms with Gasteiger partial charge in [0.05, 0.1) is 56.5 Å². The number of pyridine rings is 1. The van der Waals surface area contributed by atoms with E-state index >= 15 is 0 Å². The second-order valence-corrected chi connectivity index (χ2v) is 23.3. The predicted octanol–water partition coefficient (Wildman–Crippen LogP) is 15.3. The van der Waals surface area contributed by atoms with E-state index in [0.717, 1.165) is 21.9 Å². The molecule has 83 heavy (non-hydrogen) atoms. The van der Waals surface area contributed by atoms with E-state index in [1.54, 1.807) is 30.5 Å². The van der Waals surface area contributed by atoms with Crippen molar-refractivity contribution >= 4 is 61.7 Å². The van der Waals surface area contributed by atoms with E-state index in [1.165, 1.54) is 45.5 Å². The molecule has 0 atom stereocenters. The minimum absolute atomic E-state index is 0. The van der Waals surface area contributed by atoms with Crippen molar-refractivity contribution in [2.75, 3.05) is 0 Å². The molecule has 0 saturated carbocycles. The monoisotopic (exact) mass is 1290 g/mol. The second-order valence-electron chi connectivity index (χ2n) is 19.8. The van der Waals surface area contributed by atoms with Gasteiger partial charge in [-0.2, -0.15) is 18.2 Å². The van der Waals surface area contributed by atoms with Crippen molar-refractivity contribution in [3.63, 3.8) is 0 Å². The summed E-state index contributed by atoms with van der Waals surface area (Å²) in [5.41, 5.74) is -0.611. The number of aromatic nitrogens is 4. The summed E-state index contributed by atoms with van der Waals surface area (Å²) in [7, 11) is -6.49. The van der Waals surface area contributed by atoms with Gasteiger partial charge in [-0.25, -0.2) is 4.98 Å². The van der Waals surface area contributed by atoms with Gasteiger partial charge < -0.3 is 13.9 Å². The summed E-state index contributed by atoms with van der Waals surface area (Å²) in [4.78, 5) is 4.80. The number of hydrogen-bond acceptors (Lipinski definition) is 2. The van der Waals surface area contributed by atoms with E-state index in [2.05, 4.69) is 39.2 Å². The van der Waals surface area contributed by atoms with Crippen molar-refractivity contribution in [1.82, 2.24) is 14.1 Å². The van der Waals surface area contributed by atoms with Crippen LogP contribution in [-0.2, 0) is 26.5 Å². The van der Waals surface area contributed by atoms with Crippen LogP contribution >= 0.6 is 0 Å². The predicted molar refractivity (Wildman–Crippen MR) is 339 cm³/mol. The summed E-state index contributed by atoms with van der Waals surface area (Å²) in [6.07, 6.45) is 5.01. The minimum atomic E-state index is -6.49. The molecular formula is C76H56N4OPtSi-2. The first-order valence-electron chi connectivity index (χ1n) is 40.1. The normalized spacial score (nSPS) is 16.6. The Balaban J connectivity index is 0.0000110. The molecule has 0 radical (unpaired) electrons. The Morgan fingerprint density at radius 2 is 1.10 bits per heavy atom. The maximum absolute atomic E-state index is 10.9. The molecule has 402 valence electrons. The number of nitrogens with zero attached hydrogens (tertiary/aromatic N) is 4. The number of fused-ring (bicyclic) bond motifs is 4. The molecule has 0 fully saturated rings. The Morgan fingerprint density at radius 1 is 0.506 bits per heavy atom. The van der Waals surface area contributed by atoms with Crippen LogP contribution in [0, 0.1) is 18.5 Å². The van der Waals surface area contributed by atoms with Gasteiger partial charge in [0, 0.05) is 44.3 Å². The Hall–Kier alpha value is -9.45. The summed E-state index contributed by atoms with van der Waals surface area (Å²) in [5.74, 6) is 0.858. The standard InChI is InChI=1S/C76H56N4OSi.Pt/c1-76(2,3)58-46-47-77-74(50-58)80-70-41-20-19-38-68(70)69-44-43-61(52-72(69)80)81-60-30-22-29-59(51-60)78-53-79(71-45-42-56(49-73(71)78)54-24-9-4-10-25-54)75-66(55-26-11-5-12-27-55)39-23-40-67(75)57-28-21-37-65(48-57)82(62-31-13-6-14-32-62,63-33-15-7-16-34-63)64-35-17-8-18-36-64;/h4-50H,1-3H3;/q-2;/i4D,5D,6D,7D,8D,9D,10D,11D,12D,13D,14D,15D,16D,17D,18D,21D,24D,25D,26D,27D,28D,31D,32D,33D,34D,35D,36D,37D,48D;. The van der Waals surface area contributed by atoms with Crippen LogP contribution < -0.4 is 30.1 Å². The number of hydrogen-bond donors (Lipinski definition) is 0. The molecule has 0 aliphatic carbocycles. The van der Waals surface area contributed by atoms with Crippen LogP contribution in [0.3, 0.4) is 0 Å². The Labute approximate surface area is 541 Å². The van der Waals surface area contributed by atoms with Crippen LogP contribution in [0.15, 0.2) is 285 Å². The molecule has 0 unspecified atom stereocenters. The van der Waals surface area contributed by atoms with Crippen LogP contribution in [0.1, 0.15) is 66.1 Å². The molecule has 0 aliphatic heterocycles. The molecular weight excluding hydrogens is 1210 g/mol. The first-order chi connectivity index (χ1) is 52.3. The van der Waals surface area contributed by atoms with Gasteiger partial charge in [0.25, 0.3) is 6.33 Å². The van der Waals surface area contributed by atoms with Crippen LogP contribution in [0.4, 0.5) is 0 Å². The number of imidazole rings is 1. The molecule has 14 rings (SSSR count). The Kier molecular flexibility index (Phi) is 7.86. The fourth-order valence-corrected chi connectivity index (χ4v) is 13.8. The van der Waals surface area contributed by atoms with E-state index in [4.69, 9.17) is 33.0 Å². The smallest absolute Gasteiger partial charge is 0.268 e. The van der Waals surface area contributed by atoms with Crippen LogP contribution in [-0.4, -0.2) is 22.2 Å². The molecule has 11 aromatic carbocycles. The van der Waals surface area contributed by atoms with Crippen molar-refractivity contribution < 1.29 is 70.1 Å². The van der Waals surface area contributed by atoms with Gasteiger partial charge in [0.15, 0.2) is 8.07 Å². The van der Waals surface area contributed by atoms with Crippen molar-refractivity contribution in [3.8, 4) is 62.1 Å². The molecule has 0 aliphatic rings. The Morgan fingerprint density at radius 3 is 1.77 bits per heavy atom. The average Bonchev–Trinajstić information content (AvgIpc) is 0.740. The van der Waals surface area contributed by atoms with E-state index in [9.17, 15) is 16.4 Å². The van der Waals surface area contributed by atoms with Crippen molar-refractivity contribution in [2.24, 2.45) is 0 Å². The fraction of sp³-hybridized carbons (Fsp3) is 0.0526. The first-order valence-corrected chi connectivity index (χ1v) is 27.6. The molecule has 0 saturated heterocycles. The van der Waals surface area contributed by atoms with Gasteiger partial charge >= 0.3 is 0 Å². The third kappa shape index (κ3) is 9.64. The van der Waals surface area contributed by atoms with Gasteiger partial charge in [0.1, 0.15) is 5.82 Å². The maximum atomic E-state index is 10.9.